The summed E-state index contributed by atoms with van der Waals surface area (Å²) in [6.07, 6.45) is 3.63. The lowest BCUT2D eigenvalue weighted by molar-refractivity contribution is -0.121. The monoisotopic (exact) mass is 234 g/mol. The van der Waals surface area contributed by atoms with E-state index in [1.165, 1.54) is 0 Å². The number of methoxy groups -OCH3 is 1. The standard InChI is InChI=1S/C14H18O3/c1-16-13-7-2-3-8-14(13)17-10-9-11-5-4-6-12(11)15/h2-3,7-8,11H,4-6,9-10H2,1H3. The summed E-state index contributed by atoms with van der Waals surface area (Å²) < 4.78 is 10.9. The van der Waals surface area contributed by atoms with Crippen LogP contribution in [0.25, 0.3) is 0 Å². The summed E-state index contributed by atoms with van der Waals surface area (Å²) in [7, 11) is 1.63. The van der Waals surface area contributed by atoms with Gasteiger partial charge < -0.3 is 9.47 Å². The fourth-order valence-corrected chi connectivity index (χ4v) is 2.24. The van der Waals surface area contributed by atoms with Crippen LogP contribution in [0.15, 0.2) is 24.3 Å². The second-order valence-electron chi connectivity index (χ2n) is 4.34. The van der Waals surface area contributed by atoms with Crippen molar-refractivity contribution in [2.45, 2.75) is 25.7 Å². The molecule has 0 amide bonds. The highest BCUT2D eigenvalue weighted by atomic mass is 16.5. The van der Waals surface area contributed by atoms with Gasteiger partial charge in [-0.1, -0.05) is 12.1 Å². The molecule has 2 rings (SSSR count). The lowest BCUT2D eigenvalue weighted by atomic mass is 10.0. The quantitative estimate of drug-likeness (QED) is 0.785. The Morgan fingerprint density at radius 3 is 2.71 bits per heavy atom. The average molecular weight is 234 g/mol. The molecule has 0 N–H and O–H groups in total. The number of carbonyl (C=O) groups is 1. The normalized spacial score (nSPS) is 19.4. The van der Waals surface area contributed by atoms with Gasteiger partial charge in [0.1, 0.15) is 5.78 Å². The molecular weight excluding hydrogens is 216 g/mol. The van der Waals surface area contributed by atoms with E-state index in [4.69, 9.17) is 9.47 Å². The minimum atomic E-state index is 0.213. The van der Waals surface area contributed by atoms with Crippen LogP contribution in [0.1, 0.15) is 25.7 Å². The van der Waals surface area contributed by atoms with Gasteiger partial charge >= 0.3 is 0 Å². The van der Waals surface area contributed by atoms with Gasteiger partial charge in [0.2, 0.25) is 0 Å². The Balaban J connectivity index is 1.83. The van der Waals surface area contributed by atoms with Crippen LogP contribution in [0, 0.1) is 5.92 Å². The highest BCUT2D eigenvalue weighted by molar-refractivity contribution is 5.82. The summed E-state index contributed by atoms with van der Waals surface area (Å²) in [5.41, 5.74) is 0. The fourth-order valence-electron chi connectivity index (χ4n) is 2.24. The highest BCUT2D eigenvalue weighted by Crippen LogP contribution is 2.28. The Labute approximate surface area is 102 Å². The zero-order chi connectivity index (χ0) is 12.1. The van der Waals surface area contributed by atoms with E-state index in [2.05, 4.69) is 0 Å². The molecule has 3 heteroatoms. The van der Waals surface area contributed by atoms with Crippen molar-refractivity contribution in [3.8, 4) is 11.5 Å². The number of ether oxygens (including phenoxy) is 2. The second-order valence-corrected chi connectivity index (χ2v) is 4.34. The van der Waals surface area contributed by atoms with Crippen LogP contribution in [-0.4, -0.2) is 19.5 Å². The molecule has 17 heavy (non-hydrogen) atoms. The average Bonchev–Trinajstić information content (AvgIpc) is 2.76. The van der Waals surface area contributed by atoms with Crippen molar-refractivity contribution < 1.29 is 14.3 Å². The predicted molar refractivity (Wildman–Crippen MR) is 65.5 cm³/mol. The predicted octanol–water partition coefficient (Wildman–Crippen LogP) is 2.83. The molecule has 1 aliphatic carbocycles. The van der Waals surface area contributed by atoms with Gasteiger partial charge in [0.15, 0.2) is 11.5 Å². The van der Waals surface area contributed by atoms with Crippen molar-refractivity contribution in [3.63, 3.8) is 0 Å². The largest absolute Gasteiger partial charge is 0.493 e. The van der Waals surface area contributed by atoms with E-state index in [0.29, 0.717) is 12.4 Å². The zero-order valence-electron chi connectivity index (χ0n) is 10.1. The Morgan fingerprint density at radius 1 is 1.29 bits per heavy atom. The minimum absolute atomic E-state index is 0.213. The van der Waals surface area contributed by atoms with Crippen molar-refractivity contribution in [1.82, 2.24) is 0 Å². The molecule has 3 nitrogen and oxygen atoms in total. The molecule has 0 heterocycles. The number of benzene rings is 1. The fraction of sp³-hybridized carbons (Fsp3) is 0.500. The molecule has 1 aromatic carbocycles. The molecule has 0 aromatic heterocycles. The molecule has 1 aliphatic rings. The molecule has 0 saturated heterocycles. The second kappa shape index (κ2) is 5.71. The van der Waals surface area contributed by atoms with Gasteiger partial charge in [-0.3, -0.25) is 4.79 Å². The maximum Gasteiger partial charge on any atom is 0.161 e. The highest BCUT2D eigenvalue weighted by Gasteiger charge is 2.23. The number of hydrogen-bond acceptors (Lipinski definition) is 3. The summed E-state index contributed by atoms with van der Waals surface area (Å²) in [5, 5.41) is 0. The third-order valence-corrected chi connectivity index (χ3v) is 3.22. The lowest BCUT2D eigenvalue weighted by Gasteiger charge is -2.12. The topological polar surface area (TPSA) is 35.5 Å². The molecular formula is C14H18O3. The van der Waals surface area contributed by atoms with E-state index in [1.54, 1.807) is 7.11 Å². The van der Waals surface area contributed by atoms with E-state index in [-0.39, 0.29) is 5.92 Å². The van der Waals surface area contributed by atoms with Crippen LogP contribution in [0.3, 0.4) is 0 Å². The van der Waals surface area contributed by atoms with Crippen molar-refractivity contribution in [2.75, 3.05) is 13.7 Å². The van der Waals surface area contributed by atoms with Crippen molar-refractivity contribution in [3.05, 3.63) is 24.3 Å². The number of hydrogen-bond donors (Lipinski definition) is 0. The van der Waals surface area contributed by atoms with Crippen LogP contribution in [0.5, 0.6) is 11.5 Å². The first-order valence-corrected chi connectivity index (χ1v) is 6.10. The van der Waals surface area contributed by atoms with Crippen LogP contribution >= 0.6 is 0 Å². The van der Waals surface area contributed by atoms with Crippen LogP contribution in [0.2, 0.25) is 0 Å². The Morgan fingerprint density at radius 2 is 2.06 bits per heavy atom. The molecule has 1 fully saturated rings. The Kier molecular flexibility index (Phi) is 4.02. The van der Waals surface area contributed by atoms with Crippen LogP contribution in [-0.2, 0) is 4.79 Å². The van der Waals surface area contributed by atoms with Gasteiger partial charge in [0, 0.05) is 12.3 Å². The van der Waals surface area contributed by atoms with Gasteiger partial charge in [0.25, 0.3) is 0 Å². The first-order valence-electron chi connectivity index (χ1n) is 6.10. The third-order valence-electron chi connectivity index (χ3n) is 3.22. The SMILES string of the molecule is COc1ccccc1OCCC1CCCC1=O. The summed E-state index contributed by atoms with van der Waals surface area (Å²) >= 11 is 0. The van der Waals surface area contributed by atoms with Gasteiger partial charge in [0.05, 0.1) is 13.7 Å². The summed E-state index contributed by atoms with van der Waals surface area (Å²) in [5.74, 6) is 2.10. The first kappa shape index (κ1) is 12.0. The molecule has 1 aromatic rings. The van der Waals surface area contributed by atoms with Crippen LogP contribution < -0.4 is 9.47 Å². The molecule has 92 valence electrons. The maximum absolute atomic E-state index is 11.5. The summed E-state index contributed by atoms with van der Waals surface area (Å²) in [4.78, 5) is 11.5. The molecule has 0 radical (unpaired) electrons. The third kappa shape index (κ3) is 2.99. The van der Waals surface area contributed by atoms with Gasteiger partial charge in [-0.05, 0) is 31.4 Å². The number of para-hydroxylation sites is 2. The van der Waals surface area contributed by atoms with E-state index in [0.717, 1.165) is 37.2 Å². The summed E-state index contributed by atoms with van der Waals surface area (Å²) in [6.45, 7) is 0.580. The molecule has 0 bridgehead atoms. The molecule has 0 spiro atoms. The van der Waals surface area contributed by atoms with E-state index >= 15 is 0 Å². The van der Waals surface area contributed by atoms with E-state index in [9.17, 15) is 4.79 Å². The first-order chi connectivity index (χ1) is 8.31. The summed E-state index contributed by atoms with van der Waals surface area (Å²) in [6, 6.07) is 7.58. The van der Waals surface area contributed by atoms with Crippen molar-refractivity contribution >= 4 is 5.78 Å². The van der Waals surface area contributed by atoms with Crippen LogP contribution in [0.4, 0.5) is 0 Å². The molecule has 1 atom stereocenters. The molecule has 0 aliphatic heterocycles. The number of ketones is 1. The van der Waals surface area contributed by atoms with Gasteiger partial charge in [-0.15, -0.1) is 0 Å². The smallest absolute Gasteiger partial charge is 0.161 e. The van der Waals surface area contributed by atoms with Crippen molar-refractivity contribution in [1.29, 1.82) is 0 Å². The van der Waals surface area contributed by atoms with Gasteiger partial charge in [-0.2, -0.15) is 0 Å². The van der Waals surface area contributed by atoms with Crippen molar-refractivity contribution in [2.24, 2.45) is 5.92 Å². The molecule has 1 saturated carbocycles. The Bertz CT molecular complexity index is 387. The van der Waals surface area contributed by atoms with Gasteiger partial charge in [-0.25, -0.2) is 0 Å². The number of rotatable bonds is 5. The lowest BCUT2D eigenvalue weighted by Crippen LogP contribution is -2.11. The zero-order valence-corrected chi connectivity index (χ0v) is 10.1. The van der Waals surface area contributed by atoms with E-state index in [1.807, 2.05) is 24.3 Å². The number of Topliss-reactive ketones (excluding diaryl/α,β-unsaturated/α-hetero) is 1. The number of carbonyl (C=O) groups excluding carboxylic acids is 1. The minimum Gasteiger partial charge on any atom is -0.493 e. The Hall–Kier alpha value is -1.51. The maximum atomic E-state index is 11.5. The molecule has 1 unspecified atom stereocenters. The van der Waals surface area contributed by atoms with E-state index < -0.39 is 0 Å².